The summed E-state index contributed by atoms with van der Waals surface area (Å²) in [4.78, 5) is 17.5. The first kappa shape index (κ1) is 16.3. The zero-order valence-electron chi connectivity index (χ0n) is 12.1. The van der Waals surface area contributed by atoms with Gasteiger partial charge in [-0.05, 0) is 17.7 Å². The first-order chi connectivity index (χ1) is 10.6. The predicted molar refractivity (Wildman–Crippen MR) is 80.2 cm³/mol. The summed E-state index contributed by atoms with van der Waals surface area (Å²) in [6.45, 7) is 0.550. The number of halogens is 1. The summed E-state index contributed by atoms with van der Waals surface area (Å²) in [6, 6.07) is 7.16. The molecule has 0 radical (unpaired) electrons. The van der Waals surface area contributed by atoms with Crippen molar-refractivity contribution in [1.82, 2.24) is 20.4 Å². The number of nitrogens with zero attached hydrogens (tertiary/aromatic N) is 3. The Labute approximate surface area is 132 Å². The van der Waals surface area contributed by atoms with Gasteiger partial charge in [-0.2, -0.15) is 4.98 Å². The van der Waals surface area contributed by atoms with Crippen molar-refractivity contribution in [1.29, 1.82) is 0 Å². The monoisotopic (exact) mass is 324 g/mol. The summed E-state index contributed by atoms with van der Waals surface area (Å²) in [7, 11) is 1.70. The van der Waals surface area contributed by atoms with E-state index in [2.05, 4.69) is 15.5 Å². The fourth-order valence-electron chi connectivity index (χ4n) is 1.85. The lowest BCUT2D eigenvalue weighted by molar-refractivity contribution is 0.207. The van der Waals surface area contributed by atoms with E-state index in [-0.39, 0.29) is 18.5 Å². The van der Waals surface area contributed by atoms with Crippen molar-refractivity contribution < 1.29 is 14.4 Å². The number of nitrogens with one attached hydrogen (secondary N) is 1. The third-order valence-corrected chi connectivity index (χ3v) is 3.16. The van der Waals surface area contributed by atoms with Crippen molar-refractivity contribution in [2.75, 3.05) is 13.6 Å². The van der Waals surface area contributed by atoms with Gasteiger partial charge in [0.15, 0.2) is 5.82 Å². The summed E-state index contributed by atoms with van der Waals surface area (Å²) < 4.78 is 4.76. The van der Waals surface area contributed by atoms with Crippen molar-refractivity contribution in [3.05, 3.63) is 46.6 Å². The predicted octanol–water partition coefficient (Wildman–Crippen LogP) is 1.60. The van der Waals surface area contributed by atoms with Crippen LogP contribution in [0.1, 0.15) is 17.3 Å². The van der Waals surface area contributed by atoms with Gasteiger partial charge >= 0.3 is 6.03 Å². The number of carbonyl (C=O) groups excluding carboxylic acids is 1. The standard InChI is InChI=1S/C14H17ClN4O3/c1-19(8-10-3-2-4-11(15)7-10)14(21)16-6-5-12-17-13(9-20)22-18-12/h2-4,7,20H,5-6,8-9H2,1H3,(H,16,21). The van der Waals surface area contributed by atoms with Gasteiger partial charge in [-0.25, -0.2) is 4.79 Å². The summed E-state index contributed by atoms with van der Waals surface area (Å²) in [6.07, 6.45) is 0.431. The second-order valence-corrected chi connectivity index (χ2v) is 5.17. The smallest absolute Gasteiger partial charge is 0.317 e. The molecule has 0 unspecified atom stereocenters. The normalized spacial score (nSPS) is 10.5. The van der Waals surface area contributed by atoms with Crippen LogP contribution in [0.2, 0.25) is 5.02 Å². The fourth-order valence-corrected chi connectivity index (χ4v) is 2.07. The van der Waals surface area contributed by atoms with E-state index in [4.69, 9.17) is 21.2 Å². The molecule has 22 heavy (non-hydrogen) atoms. The van der Waals surface area contributed by atoms with E-state index in [0.29, 0.717) is 30.4 Å². The summed E-state index contributed by atoms with van der Waals surface area (Å²) in [5, 5.41) is 15.9. The number of aliphatic hydroxyl groups is 1. The topological polar surface area (TPSA) is 91.5 Å². The molecule has 7 nitrogen and oxygen atoms in total. The van der Waals surface area contributed by atoms with Crippen molar-refractivity contribution in [2.24, 2.45) is 0 Å². The van der Waals surface area contributed by atoms with Gasteiger partial charge in [0.25, 0.3) is 5.89 Å². The van der Waals surface area contributed by atoms with E-state index >= 15 is 0 Å². The van der Waals surface area contributed by atoms with Crippen molar-refractivity contribution >= 4 is 17.6 Å². The van der Waals surface area contributed by atoms with E-state index in [0.717, 1.165) is 5.56 Å². The molecule has 0 saturated heterocycles. The highest BCUT2D eigenvalue weighted by Gasteiger charge is 2.10. The maximum absolute atomic E-state index is 12.0. The molecule has 0 saturated carbocycles. The molecule has 0 aliphatic carbocycles. The lowest BCUT2D eigenvalue weighted by Crippen LogP contribution is -2.37. The van der Waals surface area contributed by atoms with E-state index in [9.17, 15) is 4.79 Å². The van der Waals surface area contributed by atoms with Crippen LogP contribution in [0.4, 0.5) is 4.79 Å². The number of carbonyl (C=O) groups is 1. The number of aliphatic hydroxyl groups excluding tert-OH is 1. The molecule has 0 fully saturated rings. The van der Waals surface area contributed by atoms with E-state index < -0.39 is 0 Å². The number of rotatable bonds is 6. The van der Waals surface area contributed by atoms with Gasteiger partial charge in [-0.1, -0.05) is 28.9 Å². The van der Waals surface area contributed by atoms with Gasteiger partial charge in [0.05, 0.1) is 0 Å². The number of amides is 2. The lowest BCUT2D eigenvalue weighted by Gasteiger charge is -2.18. The maximum Gasteiger partial charge on any atom is 0.317 e. The molecular formula is C14H17ClN4O3. The first-order valence-corrected chi connectivity index (χ1v) is 7.12. The van der Waals surface area contributed by atoms with Crippen LogP contribution in [0.15, 0.2) is 28.8 Å². The van der Waals surface area contributed by atoms with Gasteiger partial charge in [0.1, 0.15) is 6.61 Å². The maximum atomic E-state index is 12.0. The van der Waals surface area contributed by atoms with Crippen LogP contribution in [0.25, 0.3) is 0 Å². The number of hydrogen-bond acceptors (Lipinski definition) is 5. The molecule has 0 atom stereocenters. The zero-order chi connectivity index (χ0) is 15.9. The minimum Gasteiger partial charge on any atom is -0.387 e. The summed E-state index contributed by atoms with van der Waals surface area (Å²) >= 11 is 5.91. The number of hydrogen-bond donors (Lipinski definition) is 2. The molecule has 2 amide bonds. The zero-order valence-corrected chi connectivity index (χ0v) is 12.9. The molecule has 2 aromatic rings. The minimum absolute atomic E-state index is 0.166. The van der Waals surface area contributed by atoms with Crippen LogP contribution < -0.4 is 5.32 Å². The van der Waals surface area contributed by atoms with Crippen LogP contribution >= 0.6 is 11.6 Å². The second kappa shape index (κ2) is 7.77. The van der Waals surface area contributed by atoms with Gasteiger partial charge in [0.2, 0.25) is 0 Å². The Bertz CT molecular complexity index is 632. The molecule has 1 heterocycles. The highest BCUT2D eigenvalue weighted by atomic mass is 35.5. The molecule has 1 aromatic heterocycles. The van der Waals surface area contributed by atoms with E-state index in [1.165, 1.54) is 0 Å². The third kappa shape index (κ3) is 4.71. The van der Waals surface area contributed by atoms with Crippen LogP contribution in [-0.2, 0) is 19.6 Å². The summed E-state index contributed by atoms with van der Waals surface area (Å²) in [5.74, 6) is 0.612. The Hall–Kier alpha value is -2.12. The second-order valence-electron chi connectivity index (χ2n) is 4.73. The van der Waals surface area contributed by atoms with Crippen molar-refractivity contribution in [2.45, 2.75) is 19.6 Å². The Balaban J connectivity index is 1.76. The summed E-state index contributed by atoms with van der Waals surface area (Å²) in [5.41, 5.74) is 0.955. The molecule has 8 heteroatoms. The highest BCUT2D eigenvalue weighted by Crippen LogP contribution is 2.12. The van der Waals surface area contributed by atoms with Crippen LogP contribution in [0.5, 0.6) is 0 Å². The molecule has 0 bridgehead atoms. The number of aromatic nitrogens is 2. The molecule has 0 aliphatic rings. The number of urea groups is 1. The van der Waals surface area contributed by atoms with Crippen molar-refractivity contribution in [3.63, 3.8) is 0 Å². The lowest BCUT2D eigenvalue weighted by atomic mass is 10.2. The molecule has 1 aromatic carbocycles. The Morgan fingerprint density at radius 3 is 3.00 bits per heavy atom. The number of benzene rings is 1. The van der Waals surface area contributed by atoms with Gasteiger partial charge in [-0.15, -0.1) is 0 Å². The van der Waals surface area contributed by atoms with Crippen LogP contribution in [0, 0.1) is 0 Å². The van der Waals surface area contributed by atoms with E-state index in [1.807, 2.05) is 18.2 Å². The molecule has 118 valence electrons. The molecular weight excluding hydrogens is 308 g/mol. The Morgan fingerprint density at radius 2 is 2.32 bits per heavy atom. The largest absolute Gasteiger partial charge is 0.387 e. The average molecular weight is 325 g/mol. The quantitative estimate of drug-likeness (QED) is 0.842. The first-order valence-electron chi connectivity index (χ1n) is 6.74. The molecule has 0 aliphatic heterocycles. The Kier molecular flexibility index (Phi) is 5.74. The molecule has 2 N–H and O–H groups in total. The van der Waals surface area contributed by atoms with E-state index in [1.54, 1.807) is 18.0 Å². The fraction of sp³-hybridized carbons (Fsp3) is 0.357. The van der Waals surface area contributed by atoms with Crippen LogP contribution in [-0.4, -0.2) is 39.8 Å². The minimum atomic E-state index is -0.290. The SMILES string of the molecule is CN(Cc1cccc(Cl)c1)C(=O)NCCc1noc(CO)n1. The highest BCUT2D eigenvalue weighted by molar-refractivity contribution is 6.30. The van der Waals surface area contributed by atoms with Crippen molar-refractivity contribution in [3.8, 4) is 0 Å². The Morgan fingerprint density at radius 1 is 1.50 bits per heavy atom. The molecule has 2 rings (SSSR count). The van der Waals surface area contributed by atoms with Gasteiger partial charge in [-0.3, -0.25) is 0 Å². The average Bonchev–Trinajstić information content (AvgIpc) is 2.95. The molecule has 0 spiro atoms. The third-order valence-electron chi connectivity index (χ3n) is 2.93. The van der Waals surface area contributed by atoms with Crippen LogP contribution in [0.3, 0.4) is 0 Å². The van der Waals surface area contributed by atoms with Gasteiger partial charge in [0, 0.05) is 31.6 Å². The van der Waals surface area contributed by atoms with Gasteiger partial charge < -0.3 is 19.8 Å².